The van der Waals surface area contributed by atoms with E-state index in [1.165, 1.54) is 12.1 Å². The monoisotopic (exact) mass is 244 g/mol. The highest BCUT2D eigenvalue weighted by Gasteiger charge is 2.33. The second kappa shape index (κ2) is 2.91. The molecule has 2 rings (SSSR count). The zero-order valence-corrected chi connectivity index (χ0v) is 8.31. The van der Waals surface area contributed by atoms with E-state index in [2.05, 4.69) is 15.9 Å². The third kappa shape index (κ3) is 1.53. The van der Waals surface area contributed by atoms with Gasteiger partial charge in [-0.15, -0.1) is 0 Å². The average molecular weight is 245 g/mol. The van der Waals surface area contributed by atoms with Crippen molar-refractivity contribution in [1.29, 1.82) is 0 Å². The third-order valence-electron chi connectivity index (χ3n) is 2.08. The maximum atomic E-state index is 13.3. The van der Waals surface area contributed by atoms with E-state index < -0.39 is 5.92 Å². The van der Waals surface area contributed by atoms with E-state index in [0.29, 0.717) is 5.56 Å². The second-order valence-corrected chi connectivity index (χ2v) is 3.96. The molecule has 0 nitrogen and oxygen atoms in total. The van der Waals surface area contributed by atoms with Crippen molar-refractivity contribution < 1.29 is 8.78 Å². The summed E-state index contributed by atoms with van der Waals surface area (Å²) in [6.07, 6.45) is 3.05. The summed E-state index contributed by atoms with van der Waals surface area (Å²) in [7, 11) is 0. The molecule has 13 heavy (non-hydrogen) atoms. The van der Waals surface area contributed by atoms with Crippen LogP contribution in [0.25, 0.3) is 6.08 Å². The molecule has 1 aromatic carbocycles. The summed E-state index contributed by atoms with van der Waals surface area (Å²) in [5.41, 5.74) is 0.726. The summed E-state index contributed by atoms with van der Waals surface area (Å²) < 4.78 is 27.4. The minimum absolute atomic E-state index is 0.123. The van der Waals surface area contributed by atoms with E-state index in [-0.39, 0.29) is 12.0 Å². The van der Waals surface area contributed by atoms with Crippen LogP contribution >= 0.6 is 15.9 Å². The summed E-state index contributed by atoms with van der Waals surface area (Å²) >= 11 is 3.25. The summed E-state index contributed by atoms with van der Waals surface area (Å²) in [6, 6.07) is 4.83. The molecule has 0 saturated carbocycles. The van der Waals surface area contributed by atoms with Crippen LogP contribution in [0.15, 0.2) is 28.7 Å². The van der Waals surface area contributed by atoms with Crippen LogP contribution < -0.4 is 0 Å². The molecule has 0 atom stereocenters. The highest BCUT2D eigenvalue weighted by molar-refractivity contribution is 9.10. The number of hydrogen-bond donors (Lipinski definition) is 0. The Labute approximate surface area is 83.4 Å². The van der Waals surface area contributed by atoms with Gasteiger partial charge in [0.2, 0.25) is 0 Å². The zero-order chi connectivity index (χ0) is 9.47. The smallest absolute Gasteiger partial charge is 0.201 e. The highest BCUT2D eigenvalue weighted by atomic mass is 79.9. The molecule has 0 aliphatic heterocycles. The number of allylic oxidation sites excluding steroid dienone is 1. The zero-order valence-electron chi connectivity index (χ0n) is 6.73. The van der Waals surface area contributed by atoms with Crippen LogP contribution in [0.3, 0.4) is 0 Å². The number of hydrogen-bond acceptors (Lipinski definition) is 0. The lowest BCUT2D eigenvalue weighted by Gasteiger charge is -2.21. The Balaban J connectivity index is 2.61. The van der Waals surface area contributed by atoms with Crippen molar-refractivity contribution in [1.82, 2.24) is 0 Å². The molecule has 1 aromatic rings. The maximum absolute atomic E-state index is 13.3. The van der Waals surface area contributed by atoms with Crippen molar-refractivity contribution in [3.63, 3.8) is 0 Å². The fourth-order valence-electron chi connectivity index (χ4n) is 1.45. The Morgan fingerprint density at radius 3 is 2.85 bits per heavy atom. The SMILES string of the molecule is FC1(F)CC=Cc2cc(Br)ccc21. The van der Waals surface area contributed by atoms with Gasteiger partial charge in [0.05, 0.1) is 0 Å². The van der Waals surface area contributed by atoms with Crippen LogP contribution in [-0.2, 0) is 5.92 Å². The standard InChI is InChI=1S/C10H7BrF2/c11-8-3-4-9-7(6-8)2-1-5-10(9,12)13/h1-4,6H,5H2. The molecular weight excluding hydrogens is 238 g/mol. The number of rotatable bonds is 0. The minimum atomic E-state index is -2.70. The van der Waals surface area contributed by atoms with E-state index in [4.69, 9.17) is 0 Å². The van der Waals surface area contributed by atoms with Gasteiger partial charge in [0.15, 0.2) is 0 Å². The first-order valence-corrected chi connectivity index (χ1v) is 4.73. The molecule has 1 aliphatic carbocycles. The van der Waals surface area contributed by atoms with Gasteiger partial charge in [-0.05, 0) is 17.7 Å². The van der Waals surface area contributed by atoms with Gasteiger partial charge >= 0.3 is 0 Å². The van der Waals surface area contributed by atoms with Crippen LogP contribution in [0.5, 0.6) is 0 Å². The largest absolute Gasteiger partial charge is 0.277 e. The van der Waals surface area contributed by atoms with Crippen LogP contribution in [0.1, 0.15) is 17.5 Å². The molecule has 3 heteroatoms. The van der Waals surface area contributed by atoms with Gasteiger partial charge in [0.1, 0.15) is 0 Å². The van der Waals surface area contributed by atoms with Crippen LogP contribution in [0.2, 0.25) is 0 Å². The number of benzene rings is 1. The number of alkyl halides is 2. The van der Waals surface area contributed by atoms with Crippen molar-refractivity contribution >= 4 is 22.0 Å². The molecule has 0 aromatic heterocycles. The van der Waals surface area contributed by atoms with E-state index in [9.17, 15) is 8.78 Å². The fraction of sp³-hybridized carbons (Fsp3) is 0.200. The van der Waals surface area contributed by atoms with Gasteiger partial charge in [-0.1, -0.05) is 34.1 Å². The minimum Gasteiger partial charge on any atom is -0.201 e. The second-order valence-electron chi connectivity index (χ2n) is 3.04. The van der Waals surface area contributed by atoms with Crippen LogP contribution in [0.4, 0.5) is 8.78 Å². The van der Waals surface area contributed by atoms with Crippen molar-refractivity contribution in [2.45, 2.75) is 12.3 Å². The molecule has 0 fully saturated rings. The lowest BCUT2D eigenvalue weighted by molar-refractivity contribution is -0.00223. The molecule has 0 spiro atoms. The van der Waals surface area contributed by atoms with Gasteiger partial charge in [-0.25, -0.2) is 8.78 Å². The Bertz CT molecular complexity index is 369. The number of halogens is 3. The molecule has 0 amide bonds. The molecule has 0 N–H and O–H groups in total. The van der Waals surface area contributed by atoms with Crippen molar-refractivity contribution in [2.24, 2.45) is 0 Å². The molecule has 68 valence electrons. The molecular formula is C10H7BrF2. The highest BCUT2D eigenvalue weighted by Crippen LogP contribution is 2.39. The fourth-order valence-corrected chi connectivity index (χ4v) is 1.83. The topological polar surface area (TPSA) is 0 Å². The summed E-state index contributed by atoms with van der Waals surface area (Å²) in [5, 5.41) is 0. The Kier molecular flexibility index (Phi) is 1.99. The first kappa shape index (κ1) is 8.88. The molecule has 0 radical (unpaired) electrons. The molecule has 0 unspecified atom stereocenters. The van der Waals surface area contributed by atoms with Gasteiger partial charge in [-0.3, -0.25) is 0 Å². The molecule has 1 aliphatic rings. The Morgan fingerprint density at radius 1 is 1.31 bits per heavy atom. The molecule has 0 saturated heterocycles. The van der Waals surface area contributed by atoms with E-state index in [0.717, 1.165) is 4.47 Å². The lowest BCUT2D eigenvalue weighted by atomic mass is 9.94. The van der Waals surface area contributed by atoms with Crippen LogP contribution in [0, 0.1) is 0 Å². The van der Waals surface area contributed by atoms with Crippen molar-refractivity contribution in [3.05, 3.63) is 39.9 Å². The van der Waals surface area contributed by atoms with E-state index >= 15 is 0 Å². The normalized spacial score (nSPS) is 18.4. The predicted octanol–water partition coefficient (Wildman–Crippen LogP) is 3.96. The van der Waals surface area contributed by atoms with E-state index in [1.54, 1.807) is 18.2 Å². The maximum Gasteiger partial charge on any atom is 0.277 e. The Morgan fingerprint density at radius 2 is 2.08 bits per heavy atom. The lowest BCUT2D eigenvalue weighted by Crippen LogP contribution is -2.16. The quantitative estimate of drug-likeness (QED) is 0.649. The Hall–Kier alpha value is -0.700. The third-order valence-corrected chi connectivity index (χ3v) is 2.57. The molecule has 0 heterocycles. The van der Waals surface area contributed by atoms with Gasteiger partial charge in [0.25, 0.3) is 5.92 Å². The van der Waals surface area contributed by atoms with Crippen molar-refractivity contribution in [3.8, 4) is 0 Å². The first-order valence-electron chi connectivity index (χ1n) is 3.94. The molecule has 0 bridgehead atoms. The van der Waals surface area contributed by atoms with Gasteiger partial charge < -0.3 is 0 Å². The summed E-state index contributed by atoms with van der Waals surface area (Å²) in [6.45, 7) is 0. The summed E-state index contributed by atoms with van der Waals surface area (Å²) in [5.74, 6) is -2.70. The summed E-state index contributed by atoms with van der Waals surface area (Å²) in [4.78, 5) is 0. The predicted molar refractivity (Wildman–Crippen MR) is 51.7 cm³/mol. The van der Waals surface area contributed by atoms with Crippen molar-refractivity contribution in [2.75, 3.05) is 0 Å². The first-order chi connectivity index (χ1) is 6.09. The van der Waals surface area contributed by atoms with Gasteiger partial charge in [-0.2, -0.15) is 0 Å². The average Bonchev–Trinajstić information content (AvgIpc) is 2.02. The van der Waals surface area contributed by atoms with E-state index in [1.807, 2.05) is 0 Å². The van der Waals surface area contributed by atoms with Crippen LogP contribution in [-0.4, -0.2) is 0 Å². The van der Waals surface area contributed by atoms with Gasteiger partial charge in [0, 0.05) is 16.5 Å². The number of fused-ring (bicyclic) bond motifs is 1.